The predicted molar refractivity (Wildman–Crippen MR) is 148 cm³/mol. The van der Waals surface area contributed by atoms with Crippen molar-refractivity contribution in [1.82, 2.24) is 19.7 Å². The fourth-order valence-electron chi connectivity index (χ4n) is 4.53. The highest BCUT2D eigenvalue weighted by atomic mass is 32.2. The van der Waals surface area contributed by atoms with E-state index >= 15 is 0 Å². The van der Waals surface area contributed by atoms with Gasteiger partial charge in [-0.15, -0.1) is 0 Å². The third-order valence-corrected chi connectivity index (χ3v) is 8.30. The molecule has 3 aromatic rings. The number of carbonyl (C=O) groups excluding carboxylic acids is 2. The van der Waals surface area contributed by atoms with Crippen molar-refractivity contribution in [2.24, 2.45) is 0 Å². The molecule has 0 radical (unpaired) electrons. The van der Waals surface area contributed by atoms with Gasteiger partial charge in [0.2, 0.25) is 0 Å². The summed E-state index contributed by atoms with van der Waals surface area (Å²) in [5, 5.41) is 3.51. The molecule has 0 bridgehead atoms. The van der Waals surface area contributed by atoms with Crippen LogP contribution in [-0.2, 0) is 19.7 Å². The van der Waals surface area contributed by atoms with E-state index in [1.54, 1.807) is 24.0 Å². The number of pyridine rings is 1. The number of hydrogen-bond acceptors (Lipinski definition) is 7. The number of likely N-dealkylation sites (tertiary alicyclic amines) is 1. The average Bonchev–Trinajstić information content (AvgIpc) is 2.97. The van der Waals surface area contributed by atoms with E-state index in [0.717, 1.165) is 10.6 Å². The van der Waals surface area contributed by atoms with Gasteiger partial charge in [-0.05, 0) is 67.1 Å². The van der Waals surface area contributed by atoms with Crippen LogP contribution in [0.15, 0.2) is 59.8 Å². The number of amides is 2. The first-order valence-electron chi connectivity index (χ1n) is 12.9. The zero-order valence-corrected chi connectivity index (χ0v) is 23.7. The van der Waals surface area contributed by atoms with Crippen LogP contribution in [-0.4, -0.2) is 69.0 Å². The Kier molecular flexibility index (Phi) is 9.31. The molecule has 0 aliphatic carbocycles. The minimum absolute atomic E-state index is 0.128. The van der Waals surface area contributed by atoms with Gasteiger partial charge in [0, 0.05) is 38.1 Å². The zero-order chi connectivity index (χ0) is 29.7. The summed E-state index contributed by atoms with van der Waals surface area (Å²) >= 11 is 0. The predicted octanol–water partition coefficient (Wildman–Crippen LogP) is 3.73. The van der Waals surface area contributed by atoms with Crippen molar-refractivity contribution in [2.75, 3.05) is 39.1 Å². The summed E-state index contributed by atoms with van der Waals surface area (Å²) in [7, 11) is -1.65. The fourth-order valence-corrected chi connectivity index (χ4v) is 5.46. The Morgan fingerprint density at radius 1 is 1.05 bits per heavy atom. The van der Waals surface area contributed by atoms with Crippen molar-refractivity contribution < 1.29 is 31.6 Å². The monoisotopic (exact) mass is 587 g/mol. The summed E-state index contributed by atoms with van der Waals surface area (Å²) in [6, 6.07) is 11.6. The standard InChI is InChI=1S/C28H31F2N5O5S/c1-18-14-22(30)8-9-24(18)33-25-15-26(41(38,39)32-17-27(36)34(2)40-3)31-16-23(25)28(37)35-12-10-20(11-13-35)19-4-6-21(29)7-5-19/h4-9,14-16,20,32H,10-13,17H2,1-3H3,(H,31,33). The molecule has 2 amide bonds. The van der Waals surface area contributed by atoms with Crippen molar-refractivity contribution in [1.29, 1.82) is 0 Å². The number of hydrogen-bond donors (Lipinski definition) is 2. The molecule has 1 aliphatic heterocycles. The quantitative estimate of drug-likeness (QED) is 0.366. The largest absolute Gasteiger partial charge is 0.355 e. The molecule has 218 valence electrons. The lowest BCUT2D eigenvalue weighted by atomic mass is 9.89. The van der Waals surface area contributed by atoms with Crippen molar-refractivity contribution >= 4 is 33.2 Å². The van der Waals surface area contributed by atoms with Gasteiger partial charge in [-0.3, -0.25) is 14.4 Å². The fraction of sp³-hybridized carbons (Fsp3) is 0.321. The highest BCUT2D eigenvalue weighted by Crippen LogP contribution is 2.31. The highest BCUT2D eigenvalue weighted by Gasteiger charge is 2.28. The second kappa shape index (κ2) is 12.7. The number of sulfonamides is 1. The van der Waals surface area contributed by atoms with Gasteiger partial charge in [0.15, 0.2) is 5.03 Å². The number of hydroxylamine groups is 2. The van der Waals surface area contributed by atoms with E-state index in [2.05, 4.69) is 15.0 Å². The van der Waals surface area contributed by atoms with Gasteiger partial charge in [-0.2, -0.15) is 0 Å². The molecule has 1 aliphatic rings. The molecule has 1 aromatic heterocycles. The Bertz CT molecular complexity index is 1530. The van der Waals surface area contributed by atoms with Gasteiger partial charge < -0.3 is 10.2 Å². The maximum Gasteiger partial charge on any atom is 0.260 e. The van der Waals surface area contributed by atoms with Crippen LogP contribution >= 0.6 is 0 Å². The number of aromatic nitrogens is 1. The zero-order valence-electron chi connectivity index (χ0n) is 22.9. The first kappa shape index (κ1) is 30.0. The third-order valence-electron chi connectivity index (χ3n) is 7.00. The van der Waals surface area contributed by atoms with Crippen LogP contribution in [0.3, 0.4) is 0 Å². The first-order valence-corrected chi connectivity index (χ1v) is 14.3. The summed E-state index contributed by atoms with van der Waals surface area (Å²) in [6.07, 6.45) is 2.52. The van der Waals surface area contributed by atoms with E-state index in [9.17, 15) is 26.8 Å². The Balaban J connectivity index is 1.59. The van der Waals surface area contributed by atoms with E-state index in [-0.39, 0.29) is 28.9 Å². The van der Waals surface area contributed by atoms with Crippen molar-refractivity contribution in [3.8, 4) is 0 Å². The molecule has 0 saturated carbocycles. The lowest BCUT2D eigenvalue weighted by molar-refractivity contribution is -0.167. The van der Waals surface area contributed by atoms with Gasteiger partial charge >= 0.3 is 0 Å². The van der Waals surface area contributed by atoms with E-state index < -0.39 is 33.3 Å². The van der Waals surface area contributed by atoms with Gasteiger partial charge in [0.25, 0.3) is 21.8 Å². The van der Waals surface area contributed by atoms with Crippen LogP contribution < -0.4 is 10.0 Å². The highest BCUT2D eigenvalue weighted by molar-refractivity contribution is 7.89. The smallest absolute Gasteiger partial charge is 0.260 e. The topological polar surface area (TPSA) is 121 Å². The third kappa shape index (κ3) is 7.23. The summed E-state index contributed by atoms with van der Waals surface area (Å²) < 4.78 is 55.1. The Labute approximate surface area is 237 Å². The van der Waals surface area contributed by atoms with Gasteiger partial charge in [-0.25, -0.2) is 32.0 Å². The second-order valence-corrected chi connectivity index (χ2v) is 11.4. The molecule has 0 atom stereocenters. The number of likely N-dealkylation sites (N-methyl/N-ethyl adjacent to an activating group) is 1. The number of benzene rings is 2. The number of nitrogens with zero attached hydrogens (tertiary/aromatic N) is 3. The van der Waals surface area contributed by atoms with E-state index in [0.29, 0.717) is 37.2 Å². The lowest BCUT2D eigenvalue weighted by Crippen LogP contribution is -2.39. The summed E-state index contributed by atoms with van der Waals surface area (Å²) in [5.74, 6) is -1.56. The average molecular weight is 588 g/mol. The molecule has 0 unspecified atom stereocenters. The molecule has 4 rings (SSSR count). The number of piperidine rings is 1. The van der Waals surface area contributed by atoms with Crippen LogP contribution in [0.2, 0.25) is 0 Å². The number of anilines is 2. The molecule has 41 heavy (non-hydrogen) atoms. The molecule has 0 spiro atoms. The molecule has 1 saturated heterocycles. The maximum atomic E-state index is 13.7. The number of rotatable bonds is 9. The Morgan fingerprint density at radius 2 is 1.71 bits per heavy atom. The molecular formula is C28H31F2N5O5S. The van der Waals surface area contributed by atoms with E-state index in [4.69, 9.17) is 4.84 Å². The summed E-state index contributed by atoms with van der Waals surface area (Å²) in [5.41, 5.74) is 2.29. The van der Waals surface area contributed by atoms with Crippen LogP contribution in [0.1, 0.15) is 40.2 Å². The Morgan fingerprint density at radius 3 is 2.34 bits per heavy atom. The van der Waals surface area contributed by atoms with E-state index in [1.807, 2.05) is 0 Å². The van der Waals surface area contributed by atoms with Crippen molar-refractivity contribution in [3.63, 3.8) is 0 Å². The number of nitrogens with one attached hydrogen (secondary N) is 2. The van der Waals surface area contributed by atoms with Gasteiger partial charge in [-0.1, -0.05) is 12.1 Å². The minimum atomic E-state index is -4.25. The number of aryl methyl sites for hydroxylation is 1. The lowest BCUT2D eigenvalue weighted by Gasteiger charge is -2.32. The molecule has 2 N–H and O–H groups in total. The normalized spacial score (nSPS) is 14.1. The molecule has 2 aromatic carbocycles. The second-order valence-electron chi connectivity index (χ2n) is 9.67. The molecule has 1 fully saturated rings. The van der Waals surface area contributed by atoms with Crippen molar-refractivity contribution in [3.05, 3.63) is 83.1 Å². The Hall–Kier alpha value is -3.94. The maximum absolute atomic E-state index is 13.7. The molecule has 2 heterocycles. The van der Waals surface area contributed by atoms with Gasteiger partial charge in [0.05, 0.1) is 24.9 Å². The van der Waals surface area contributed by atoms with Crippen LogP contribution in [0.25, 0.3) is 0 Å². The summed E-state index contributed by atoms with van der Waals surface area (Å²) in [4.78, 5) is 36.1. The van der Waals surface area contributed by atoms with Crippen molar-refractivity contribution in [2.45, 2.75) is 30.7 Å². The van der Waals surface area contributed by atoms with Crippen LogP contribution in [0.4, 0.5) is 20.2 Å². The molecule has 10 nitrogen and oxygen atoms in total. The molecule has 13 heteroatoms. The van der Waals surface area contributed by atoms with E-state index in [1.165, 1.54) is 56.8 Å². The number of carbonyl (C=O) groups is 2. The minimum Gasteiger partial charge on any atom is -0.355 e. The SMILES string of the molecule is CON(C)C(=O)CNS(=O)(=O)c1cc(Nc2ccc(F)cc2C)c(C(=O)N2CCC(c3ccc(F)cc3)CC2)cn1. The molecular weight excluding hydrogens is 556 g/mol. The number of halogens is 2. The van der Waals surface area contributed by atoms with Gasteiger partial charge in [0.1, 0.15) is 11.6 Å². The van der Waals surface area contributed by atoms with Crippen LogP contribution in [0.5, 0.6) is 0 Å². The first-order chi connectivity index (χ1) is 19.5. The van der Waals surface area contributed by atoms with Crippen LogP contribution in [0, 0.1) is 18.6 Å². The summed E-state index contributed by atoms with van der Waals surface area (Å²) in [6.45, 7) is 1.97.